The van der Waals surface area contributed by atoms with E-state index in [2.05, 4.69) is 15.1 Å². The number of aromatic nitrogens is 3. The van der Waals surface area contributed by atoms with E-state index < -0.39 is 0 Å². The molecule has 0 spiro atoms. The topological polar surface area (TPSA) is 92.3 Å². The summed E-state index contributed by atoms with van der Waals surface area (Å²) in [6.45, 7) is 0.660. The third-order valence-electron chi connectivity index (χ3n) is 4.43. The number of hydrogen-bond acceptors (Lipinski definition) is 7. The summed E-state index contributed by atoms with van der Waals surface area (Å²) in [7, 11) is 0. The number of aliphatic hydroxyl groups is 1. The maximum atomic E-state index is 12.7. The van der Waals surface area contributed by atoms with Crippen LogP contribution in [0.5, 0.6) is 0 Å². The number of amides is 1. The Balaban J connectivity index is 1.49. The molecule has 3 aromatic heterocycles. The van der Waals surface area contributed by atoms with Gasteiger partial charge >= 0.3 is 0 Å². The maximum Gasteiger partial charge on any atom is 0.249 e. The highest BCUT2D eigenvalue weighted by Gasteiger charge is 2.33. The molecular weight excluding hydrogens is 364 g/mol. The van der Waals surface area contributed by atoms with Gasteiger partial charge in [0.05, 0.1) is 6.61 Å². The van der Waals surface area contributed by atoms with Crippen molar-refractivity contribution in [1.29, 1.82) is 0 Å². The second-order valence-electron chi connectivity index (χ2n) is 6.24. The van der Waals surface area contributed by atoms with Crippen LogP contribution in [0.4, 0.5) is 0 Å². The third-order valence-corrected chi connectivity index (χ3v) is 5.38. The molecule has 1 aliphatic heterocycles. The Kier molecular flexibility index (Phi) is 5.08. The van der Waals surface area contributed by atoms with Gasteiger partial charge in [-0.2, -0.15) is 4.98 Å². The van der Waals surface area contributed by atoms with Crippen LogP contribution < -0.4 is 0 Å². The van der Waals surface area contributed by atoms with Crippen LogP contribution in [-0.2, 0) is 11.4 Å². The van der Waals surface area contributed by atoms with Gasteiger partial charge in [-0.25, -0.2) is 0 Å². The summed E-state index contributed by atoms with van der Waals surface area (Å²) in [5.74, 6) is 0.840. The lowest BCUT2D eigenvalue weighted by Crippen LogP contribution is -2.29. The normalized spacial score (nSPS) is 17.1. The van der Waals surface area contributed by atoms with Crippen molar-refractivity contribution >= 4 is 23.3 Å². The van der Waals surface area contributed by atoms with Crippen molar-refractivity contribution in [2.75, 3.05) is 6.54 Å². The van der Waals surface area contributed by atoms with Crippen molar-refractivity contribution in [2.24, 2.45) is 0 Å². The number of rotatable bonds is 5. The lowest BCUT2D eigenvalue weighted by molar-refractivity contribution is -0.127. The Morgan fingerprint density at radius 2 is 2.41 bits per heavy atom. The molecule has 0 bridgehead atoms. The van der Waals surface area contributed by atoms with Gasteiger partial charge in [0, 0.05) is 35.5 Å². The van der Waals surface area contributed by atoms with Gasteiger partial charge in [0.15, 0.2) is 0 Å². The molecule has 8 heteroatoms. The van der Waals surface area contributed by atoms with Crippen molar-refractivity contribution in [2.45, 2.75) is 25.5 Å². The van der Waals surface area contributed by atoms with Gasteiger partial charge in [-0.1, -0.05) is 5.16 Å². The second-order valence-corrected chi connectivity index (χ2v) is 7.18. The smallest absolute Gasteiger partial charge is 0.249 e. The Labute approximate surface area is 160 Å². The van der Waals surface area contributed by atoms with E-state index in [9.17, 15) is 4.79 Å². The summed E-state index contributed by atoms with van der Waals surface area (Å²) in [5, 5.41) is 15.0. The molecule has 27 heavy (non-hydrogen) atoms. The van der Waals surface area contributed by atoms with E-state index in [1.54, 1.807) is 29.4 Å². The summed E-state index contributed by atoms with van der Waals surface area (Å²) in [6, 6.07) is 5.34. The summed E-state index contributed by atoms with van der Waals surface area (Å²) in [4.78, 5) is 23.9. The molecular formula is C19H18N4O3S. The second kappa shape index (κ2) is 7.81. The lowest BCUT2D eigenvalue weighted by Gasteiger charge is -2.19. The van der Waals surface area contributed by atoms with Gasteiger partial charge in [0.2, 0.25) is 17.6 Å². The lowest BCUT2D eigenvalue weighted by atomic mass is 10.2. The van der Waals surface area contributed by atoms with Crippen molar-refractivity contribution in [3.05, 3.63) is 58.4 Å². The first-order chi connectivity index (χ1) is 13.2. The minimum atomic E-state index is -0.212. The maximum absolute atomic E-state index is 12.7. The van der Waals surface area contributed by atoms with Crippen LogP contribution in [0.15, 0.2) is 46.6 Å². The molecule has 1 N–H and O–H groups in total. The predicted molar refractivity (Wildman–Crippen MR) is 100 cm³/mol. The van der Waals surface area contributed by atoms with E-state index in [0.29, 0.717) is 18.3 Å². The zero-order valence-electron chi connectivity index (χ0n) is 14.5. The predicted octanol–water partition coefficient (Wildman–Crippen LogP) is 3.06. The minimum absolute atomic E-state index is 0.00289. The number of thiophene rings is 1. The average molecular weight is 382 g/mol. The molecule has 1 aliphatic rings. The number of carbonyl (C=O) groups excluding carboxylic acids is 1. The molecule has 0 radical (unpaired) electrons. The van der Waals surface area contributed by atoms with Crippen molar-refractivity contribution in [1.82, 2.24) is 20.0 Å². The van der Waals surface area contributed by atoms with Gasteiger partial charge < -0.3 is 14.5 Å². The highest BCUT2D eigenvalue weighted by Crippen LogP contribution is 2.32. The van der Waals surface area contributed by atoms with Gasteiger partial charge in [0.25, 0.3) is 0 Å². The van der Waals surface area contributed by atoms with E-state index in [-0.39, 0.29) is 18.6 Å². The number of pyridine rings is 1. The monoisotopic (exact) mass is 382 g/mol. The Hall–Kier alpha value is -2.84. The van der Waals surface area contributed by atoms with E-state index in [4.69, 9.17) is 9.63 Å². The molecule has 1 atom stereocenters. The van der Waals surface area contributed by atoms with Crippen LogP contribution in [0.1, 0.15) is 35.2 Å². The molecule has 0 unspecified atom stereocenters. The average Bonchev–Trinajstić information content (AvgIpc) is 3.46. The summed E-state index contributed by atoms with van der Waals surface area (Å²) in [6.07, 6.45) is 8.38. The van der Waals surface area contributed by atoms with Crippen molar-refractivity contribution < 1.29 is 14.4 Å². The van der Waals surface area contributed by atoms with E-state index >= 15 is 0 Å². The summed E-state index contributed by atoms with van der Waals surface area (Å²) < 4.78 is 5.43. The van der Waals surface area contributed by atoms with E-state index in [1.807, 2.05) is 23.6 Å². The number of likely N-dealkylation sites (tertiary alicyclic amines) is 1. The number of carbonyl (C=O) groups is 1. The van der Waals surface area contributed by atoms with Crippen LogP contribution in [0.25, 0.3) is 17.5 Å². The first kappa shape index (κ1) is 17.6. The fraction of sp³-hybridized carbons (Fsp3) is 0.263. The largest absolute Gasteiger partial charge is 0.392 e. The fourth-order valence-corrected chi connectivity index (χ4v) is 3.88. The van der Waals surface area contributed by atoms with Gasteiger partial charge in [-0.3, -0.25) is 9.78 Å². The highest BCUT2D eigenvalue weighted by atomic mass is 32.1. The zero-order valence-corrected chi connectivity index (χ0v) is 15.3. The Bertz CT molecular complexity index is 951. The van der Waals surface area contributed by atoms with Crippen molar-refractivity contribution in [3.63, 3.8) is 0 Å². The standard InChI is InChI=1S/C19H18N4O3S/c24-11-13-9-15(27-12-13)5-6-17(25)23-8-2-4-16(23)19-21-18(22-26-19)14-3-1-7-20-10-14/h1,3,5-7,9-10,12,16,24H,2,4,8,11H2/b6-5+/t16-/m0/s1. The SMILES string of the molecule is O=C(/C=C/c1cc(CO)cs1)N1CCC[C@H]1c1nc(-c2cccnc2)no1. The van der Waals surface area contributed by atoms with Crippen LogP contribution in [-0.4, -0.2) is 37.6 Å². The Morgan fingerprint density at radius 3 is 3.19 bits per heavy atom. The Morgan fingerprint density at radius 1 is 1.48 bits per heavy atom. The van der Waals surface area contributed by atoms with Crippen LogP contribution in [0, 0.1) is 0 Å². The molecule has 0 aromatic carbocycles. The van der Waals surface area contributed by atoms with Crippen molar-refractivity contribution in [3.8, 4) is 11.4 Å². The fourth-order valence-electron chi connectivity index (χ4n) is 3.08. The number of nitrogens with zero attached hydrogens (tertiary/aromatic N) is 4. The summed E-state index contributed by atoms with van der Waals surface area (Å²) in [5.41, 5.74) is 1.63. The first-order valence-electron chi connectivity index (χ1n) is 8.65. The molecule has 7 nitrogen and oxygen atoms in total. The summed E-state index contributed by atoms with van der Waals surface area (Å²) >= 11 is 1.49. The van der Waals surface area contributed by atoms with Crippen LogP contribution >= 0.6 is 11.3 Å². The molecule has 0 aliphatic carbocycles. The minimum Gasteiger partial charge on any atom is -0.392 e. The molecule has 1 saturated heterocycles. The highest BCUT2D eigenvalue weighted by molar-refractivity contribution is 7.11. The number of hydrogen-bond donors (Lipinski definition) is 1. The van der Waals surface area contributed by atoms with E-state index in [0.717, 1.165) is 28.8 Å². The quantitative estimate of drug-likeness (QED) is 0.682. The van der Waals surface area contributed by atoms with Gasteiger partial charge in [-0.15, -0.1) is 11.3 Å². The van der Waals surface area contributed by atoms with Gasteiger partial charge in [-0.05, 0) is 48.1 Å². The third kappa shape index (κ3) is 3.81. The number of aliphatic hydroxyl groups excluding tert-OH is 1. The molecule has 1 fully saturated rings. The molecule has 0 saturated carbocycles. The van der Waals surface area contributed by atoms with E-state index in [1.165, 1.54) is 11.3 Å². The first-order valence-corrected chi connectivity index (χ1v) is 9.53. The molecule has 4 heterocycles. The zero-order chi connectivity index (χ0) is 18.6. The molecule has 138 valence electrons. The van der Waals surface area contributed by atoms with Crippen LogP contribution in [0.2, 0.25) is 0 Å². The van der Waals surface area contributed by atoms with Gasteiger partial charge in [0.1, 0.15) is 6.04 Å². The molecule has 3 aromatic rings. The molecule has 1 amide bonds. The van der Waals surface area contributed by atoms with Crippen LogP contribution in [0.3, 0.4) is 0 Å². The molecule has 4 rings (SSSR count).